The molecule has 0 heterocycles. The Labute approximate surface area is 177 Å². The summed E-state index contributed by atoms with van der Waals surface area (Å²) >= 11 is 0. The zero-order chi connectivity index (χ0) is 22.4. The van der Waals surface area contributed by atoms with Gasteiger partial charge in [0, 0.05) is 0 Å². The lowest BCUT2D eigenvalue weighted by atomic mass is 9.98. The fourth-order valence-corrected chi connectivity index (χ4v) is 3.00. The molecule has 31 heavy (non-hydrogen) atoms. The molecule has 1 amide bonds. The largest absolute Gasteiger partial charge is 0.497 e. The van der Waals surface area contributed by atoms with E-state index >= 15 is 0 Å². The molecule has 5 nitrogen and oxygen atoms in total. The molecule has 0 atom stereocenters. The van der Waals surface area contributed by atoms with Crippen LogP contribution in [0, 0.1) is 17.5 Å². The molecule has 3 aromatic rings. The molecule has 8 heteroatoms. The van der Waals surface area contributed by atoms with E-state index in [4.69, 9.17) is 9.47 Å². The Morgan fingerprint density at radius 2 is 1.32 bits per heavy atom. The van der Waals surface area contributed by atoms with Crippen molar-refractivity contribution < 1.29 is 27.4 Å². The SMILES string of the molecule is COc1ccc(C(NC(=O)CNc2ccc(F)c(F)c2F)c2ccc(OC)cc2)cc1. The molecule has 3 rings (SSSR count). The van der Waals surface area contributed by atoms with E-state index < -0.39 is 29.4 Å². The van der Waals surface area contributed by atoms with Crippen molar-refractivity contribution in [1.29, 1.82) is 0 Å². The van der Waals surface area contributed by atoms with E-state index in [2.05, 4.69) is 10.6 Å². The van der Waals surface area contributed by atoms with Crippen molar-refractivity contribution in [2.45, 2.75) is 6.04 Å². The van der Waals surface area contributed by atoms with Gasteiger partial charge in [-0.3, -0.25) is 4.79 Å². The van der Waals surface area contributed by atoms with Crippen molar-refractivity contribution >= 4 is 11.6 Å². The average Bonchev–Trinajstić information content (AvgIpc) is 2.81. The molecule has 0 spiro atoms. The van der Waals surface area contributed by atoms with E-state index in [9.17, 15) is 18.0 Å². The third-order valence-electron chi connectivity index (χ3n) is 4.68. The topological polar surface area (TPSA) is 59.6 Å². The van der Waals surface area contributed by atoms with Crippen molar-refractivity contribution in [1.82, 2.24) is 5.32 Å². The Morgan fingerprint density at radius 1 is 0.806 bits per heavy atom. The molecule has 0 aliphatic rings. The van der Waals surface area contributed by atoms with Gasteiger partial charge in [0.25, 0.3) is 0 Å². The zero-order valence-corrected chi connectivity index (χ0v) is 16.9. The molecule has 0 fully saturated rings. The standard InChI is InChI=1S/C23H21F3N2O3/c1-30-16-7-3-14(4-8-16)23(15-5-9-17(31-2)10-6-15)28-20(29)13-27-19-12-11-18(24)21(25)22(19)26/h3-12,23,27H,13H2,1-2H3,(H,28,29). The lowest BCUT2D eigenvalue weighted by molar-refractivity contribution is -0.119. The van der Waals surface area contributed by atoms with Crippen LogP contribution in [0.25, 0.3) is 0 Å². The summed E-state index contributed by atoms with van der Waals surface area (Å²) in [6.07, 6.45) is 0. The maximum atomic E-state index is 13.8. The van der Waals surface area contributed by atoms with Gasteiger partial charge in [-0.05, 0) is 47.5 Å². The van der Waals surface area contributed by atoms with Crippen LogP contribution in [0.15, 0.2) is 60.7 Å². The molecule has 0 saturated heterocycles. The van der Waals surface area contributed by atoms with E-state index in [-0.39, 0.29) is 12.2 Å². The molecule has 0 aromatic heterocycles. The molecular weight excluding hydrogens is 409 g/mol. The molecule has 0 aliphatic heterocycles. The summed E-state index contributed by atoms with van der Waals surface area (Å²) < 4.78 is 50.6. The number of carbonyl (C=O) groups is 1. The van der Waals surface area contributed by atoms with Gasteiger partial charge in [0.2, 0.25) is 5.91 Å². The number of methoxy groups -OCH3 is 2. The molecule has 0 saturated carbocycles. The van der Waals surface area contributed by atoms with Crippen LogP contribution in [0.1, 0.15) is 17.2 Å². The van der Waals surface area contributed by atoms with Gasteiger partial charge < -0.3 is 20.1 Å². The minimum absolute atomic E-state index is 0.306. The maximum Gasteiger partial charge on any atom is 0.240 e. The minimum Gasteiger partial charge on any atom is -0.497 e. The maximum absolute atomic E-state index is 13.8. The lowest BCUT2D eigenvalue weighted by Gasteiger charge is -2.21. The van der Waals surface area contributed by atoms with Gasteiger partial charge in [-0.15, -0.1) is 0 Å². The summed E-state index contributed by atoms with van der Waals surface area (Å²) in [5.74, 6) is -3.42. The summed E-state index contributed by atoms with van der Waals surface area (Å²) in [4.78, 5) is 12.6. The third kappa shape index (κ3) is 5.28. The van der Waals surface area contributed by atoms with Crippen LogP contribution in [-0.2, 0) is 4.79 Å². The van der Waals surface area contributed by atoms with Gasteiger partial charge in [0.05, 0.1) is 32.5 Å². The summed E-state index contributed by atoms with van der Waals surface area (Å²) in [6, 6.07) is 15.7. The van der Waals surface area contributed by atoms with E-state index in [0.29, 0.717) is 11.5 Å². The molecule has 0 aliphatic carbocycles. The van der Waals surface area contributed by atoms with Crippen LogP contribution in [0.4, 0.5) is 18.9 Å². The van der Waals surface area contributed by atoms with Gasteiger partial charge in [-0.1, -0.05) is 24.3 Å². The number of hydrogen-bond acceptors (Lipinski definition) is 4. The summed E-state index contributed by atoms with van der Waals surface area (Å²) in [5.41, 5.74) is 1.27. The van der Waals surface area contributed by atoms with Crippen LogP contribution in [-0.4, -0.2) is 26.7 Å². The first kappa shape index (κ1) is 22.0. The third-order valence-corrected chi connectivity index (χ3v) is 4.68. The molecular formula is C23H21F3N2O3. The predicted octanol–water partition coefficient (Wildman–Crippen LogP) is 4.44. The second-order valence-corrected chi connectivity index (χ2v) is 6.62. The highest BCUT2D eigenvalue weighted by molar-refractivity contribution is 5.81. The van der Waals surface area contributed by atoms with Crippen molar-refractivity contribution in [3.8, 4) is 11.5 Å². The highest BCUT2D eigenvalue weighted by Gasteiger charge is 2.19. The number of amides is 1. The Hall–Kier alpha value is -3.68. The van der Waals surface area contributed by atoms with Gasteiger partial charge in [-0.2, -0.15) is 0 Å². The van der Waals surface area contributed by atoms with E-state index in [0.717, 1.165) is 23.3 Å². The predicted molar refractivity (Wildman–Crippen MR) is 111 cm³/mol. The van der Waals surface area contributed by atoms with Crippen LogP contribution >= 0.6 is 0 Å². The molecule has 0 bridgehead atoms. The van der Waals surface area contributed by atoms with Crippen molar-refractivity contribution in [3.05, 3.63) is 89.2 Å². The first-order valence-corrected chi connectivity index (χ1v) is 9.37. The highest BCUT2D eigenvalue weighted by Crippen LogP contribution is 2.26. The molecule has 0 unspecified atom stereocenters. The quantitative estimate of drug-likeness (QED) is 0.519. The minimum atomic E-state index is -1.60. The van der Waals surface area contributed by atoms with E-state index in [1.807, 2.05) is 24.3 Å². The number of hydrogen-bond donors (Lipinski definition) is 2. The number of rotatable bonds is 8. The van der Waals surface area contributed by atoms with Crippen molar-refractivity contribution in [3.63, 3.8) is 0 Å². The lowest BCUT2D eigenvalue weighted by Crippen LogP contribution is -2.34. The summed E-state index contributed by atoms with van der Waals surface area (Å²) in [6.45, 7) is -0.342. The van der Waals surface area contributed by atoms with Crippen LogP contribution in [0.2, 0.25) is 0 Å². The molecule has 2 N–H and O–H groups in total. The van der Waals surface area contributed by atoms with Gasteiger partial charge >= 0.3 is 0 Å². The first-order valence-electron chi connectivity index (χ1n) is 9.37. The van der Waals surface area contributed by atoms with Crippen molar-refractivity contribution in [2.24, 2.45) is 0 Å². The Balaban J connectivity index is 1.78. The summed E-state index contributed by atoms with van der Waals surface area (Å²) in [5, 5.41) is 5.36. The van der Waals surface area contributed by atoms with Crippen molar-refractivity contribution in [2.75, 3.05) is 26.1 Å². The molecule has 162 valence electrons. The number of anilines is 1. The first-order chi connectivity index (χ1) is 14.9. The van der Waals surface area contributed by atoms with Gasteiger partial charge in [0.15, 0.2) is 17.5 Å². The van der Waals surface area contributed by atoms with Crippen LogP contribution < -0.4 is 20.1 Å². The van der Waals surface area contributed by atoms with Crippen LogP contribution in [0.5, 0.6) is 11.5 Å². The number of halogens is 3. The van der Waals surface area contributed by atoms with Crippen LogP contribution in [0.3, 0.4) is 0 Å². The number of ether oxygens (including phenoxy) is 2. The number of benzene rings is 3. The summed E-state index contributed by atoms with van der Waals surface area (Å²) in [7, 11) is 3.11. The van der Waals surface area contributed by atoms with Gasteiger partial charge in [-0.25, -0.2) is 13.2 Å². The molecule has 3 aromatic carbocycles. The smallest absolute Gasteiger partial charge is 0.240 e. The fourth-order valence-electron chi connectivity index (χ4n) is 3.00. The monoisotopic (exact) mass is 430 g/mol. The van der Waals surface area contributed by atoms with E-state index in [1.54, 1.807) is 38.5 Å². The fraction of sp³-hybridized carbons (Fsp3) is 0.174. The highest BCUT2D eigenvalue weighted by atomic mass is 19.2. The second kappa shape index (κ2) is 9.88. The number of nitrogens with one attached hydrogen (secondary N) is 2. The Kier molecular flexibility index (Phi) is 7.02. The van der Waals surface area contributed by atoms with E-state index in [1.165, 1.54) is 0 Å². The Bertz CT molecular complexity index is 994. The number of carbonyl (C=O) groups excluding carboxylic acids is 1. The average molecular weight is 430 g/mol. The molecule has 0 radical (unpaired) electrons. The Morgan fingerprint density at radius 3 is 1.81 bits per heavy atom. The zero-order valence-electron chi connectivity index (χ0n) is 16.9. The second-order valence-electron chi connectivity index (χ2n) is 6.62. The van der Waals surface area contributed by atoms with Gasteiger partial charge in [0.1, 0.15) is 11.5 Å². The normalized spacial score (nSPS) is 10.6.